The number of fused-ring (bicyclic) bond motifs is 1. The minimum Gasteiger partial charge on any atom is -0.410 e. The molecule has 1 aliphatic heterocycles. The molecule has 0 bridgehead atoms. The summed E-state index contributed by atoms with van der Waals surface area (Å²) in [4.78, 5) is 0. The Bertz CT molecular complexity index is 311. The predicted octanol–water partition coefficient (Wildman–Crippen LogP) is 0.681. The van der Waals surface area contributed by atoms with Gasteiger partial charge in [-0.1, -0.05) is 16.8 Å². The molecular weight excluding hydrogens is 158 g/mol. The summed E-state index contributed by atoms with van der Waals surface area (Å²) in [5.41, 5.74) is 0.574. The van der Waals surface area contributed by atoms with Gasteiger partial charge < -0.3 is 9.84 Å². The second-order valence-corrected chi connectivity index (χ2v) is 2.94. The molecule has 0 amide bonds. The van der Waals surface area contributed by atoms with Crippen LogP contribution < -0.4 is 9.38 Å². The molecule has 1 heterocycles. The summed E-state index contributed by atoms with van der Waals surface area (Å²) in [7, 11) is 1.47. The van der Waals surface area contributed by atoms with Gasteiger partial charge in [0.2, 0.25) is 5.69 Å². The standard InChI is InChI=1S/C8H10NO3/c1-9(11)6-4-2-3-5-7(6)12-8(9)10/h2-5,8,10-11H,1H3/q+1. The van der Waals surface area contributed by atoms with Gasteiger partial charge in [-0.3, -0.25) is 0 Å². The Morgan fingerprint density at radius 1 is 1.42 bits per heavy atom. The Morgan fingerprint density at radius 2 is 2.08 bits per heavy atom. The zero-order valence-electron chi connectivity index (χ0n) is 6.64. The minimum atomic E-state index is -1.22. The highest BCUT2D eigenvalue weighted by Gasteiger charge is 2.44. The van der Waals surface area contributed by atoms with Gasteiger partial charge in [-0.05, 0) is 6.07 Å². The number of hydroxylamine groups is 2. The lowest BCUT2D eigenvalue weighted by atomic mass is 10.3. The van der Waals surface area contributed by atoms with Crippen LogP contribution in [0.3, 0.4) is 0 Å². The molecule has 1 aromatic rings. The van der Waals surface area contributed by atoms with Crippen molar-refractivity contribution in [2.24, 2.45) is 0 Å². The van der Waals surface area contributed by atoms with Crippen LogP contribution in [0.25, 0.3) is 0 Å². The lowest BCUT2D eigenvalue weighted by Gasteiger charge is -2.19. The average Bonchev–Trinajstić information content (AvgIpc) is 2.25. The van der Waals surface area contributed by atoms with E-state index in [-0.39, 0.29) is 0 Å². The molecule has 0 saturated carbocycles. The van der Waals surface area contributed by atoms with Crippen molar-refractivity contribution >= 4 is 5.69 Å². The maximum atomic E-state index is 9.68. The number of ether oxygens (including phenoxy) is 1. The van der Waals surface area contributed by atoms with E-state index in [1.165, 1.54) is 7.05 Å². The SMILES string of the molecule is C[N+]1(O)c2ccccc2OC1O. The van der Waals surface area contributed by atoms with Crippen LogP contribution in [0.2, 0.25) is 0 Å². The number of aliphatic hydroxyl groups is 1. The summed E-state index contributed by atoms with van der Waals surface area (Å²) in [5, 5.41) is 19.0. The summed E-state index contributed by atoms with van der Waals surface area (Å²) in [6.07, 6.45) is -1.22. The molecule has 0 spiro atoms. The van der Waals surface area contributed by atoms with Crippen LogP contribution in [-0.4, -0.2) is 23.8 Å². The molecule has 4 heteroatoms. The Kier molecular flexibility index (Phi) is 1.38. The van der Waals surface area contributed by atoms with Crippen molar-refractivity contribution in [1.29, 1.82) is 0 Å². The fourth-order valence-electron chi connectivity index (χ4n) is 1.27. The van der Waals surface area contributed by atoms with Gasteiger partial charge in [-0.2, -0.15) is 0 Å². The first-order valence-electron chi connectivity index (χ1n) is 3.65. The number of hydrogen-bond donors (Lipinski definition) is 2. The van der Waals surface area contributed by atoms with Gasteiger partial charge in [0, 0.05) is 6.07 Å². The van der Waals surface area contributed by atoms with Crippen LogP contribution in [0, 0.1) is 0 Å². The molecule has 2 rings (SSSR count). The first kappa shape index (κ1) is 7.54. The molecule has 0 aromatic heterocycles. The molecule has 1 aromatic carbocycles. The minimum absolute atomic E-state index is 0.523. The number of quaternary nitrogens is 1. The van der Waals surface area contributed by atoms with Crippen LogP contribution in [0.5, 0.6) is 5.75 Å². The first-order chi connectivity index (χ1) is 5.62. The first-order valence-corrected chi connectivity index (χ1v) is 3.65. The van der Waals surface area contributed by atoms with Crippen LogP contribution in [0.1, 0.15) is 0 Å². The van der Waals surface area contributed by atoms with E-state index in [1.807, 2.05) is 0 Å². The van der Waals surface area contributed by atoms with E-state index in [1.54, 1.807) is 24.3 Å². The topological polar surface area (TPSA) is 49.7 Å². The zero-order valence-corrected chi connectivity index (χ0v) is 6.64. The molecular formula is C8H10NO3+. The third-order valence-corrected chi connectivity index (χ3v) is 2.02. The van der Waals surface area contributed by atoms with Crippen molar-refractivity contribution in [3.63, 3.8) is 0 Å². The lowest BCUT2D eigenvalue weighted by Crippen LogP contribution is -2.49. The zero-order chi connectivity index (χ0) is 8.77. The Labute approximate surface area is 69.8 Å². The van der Waals surface area contributed by atoms with E-state index < -0.39 is 11.1 Å². The van der Waals surface area contributed by atoms with Crippen LogP contribution >= 0.6 is 0 Å². The Hall–Kier alpha value is -1.10. The molecule has 2 N–H and O–H groups in total. The lowest BCUT2D eigenvalue weighted by molar-refractivity contribution is -0.223. The number of benzene rings is 1. The summed E-state index contributed by atoms with van der Waals surface area (Å²) in [6.45, 7) is 0. The number of aliphatic hydroxyl groups excluding tert-OH is 1. The molecule has 0 saturated heterocycles. The van der Waals surface area contributed by atoms with Crippen molar-refractivity contribution in [3.05, 3.63) is 24.3 Å². The molecule has 12 heavy (non-hydrogen) atoms. The van der Waals surface area contributed by atoms with Crippen molar-refractivity contribution in [3.8, 4) is 5.75 Å². The molecule has 0 fully saturated rings. The Morgan fingerprint density at radius 3 is 2.75 bits per heavy atom. The van der Waals surface area contributed by atoms with E-state index in [4.69, 9.17) is 4.74 Å². The number of rotatable bonds is 0. The van der Waals surface area contributed by atoms with Gasteiger partial charge >= 0.3 is 6.41 Å². The molecule has 1 aliphatic rings. The van der Waals surface area contributed by atoms with Crippen molar-refractivity contribution in [1.82, 2.24) is 4.65 Å². The van der Waals surface area contributed by atoms with Gasteiger partial charge in [-0.15, -0.1) is 0 Å². The molecule has 64 valence electrons. The summed E-state index contributed by atoms with van der Waals surface area (Å²) >= 11 is 0. The summed E-state index contributed by atoms with van der Waals surface area (Å²) < 4.78 is 4.37. The van der Waals surface area contributed by atoms with Gasteiger partial charge in [0.05, 0.1) is 0 Å². The highest BCUT2D eigenvalue weighted by Crippen LogP contribution is 2.38. The van der Waals surface area contributed by atoms with Crippen molar-refractivity contribution < 1.29 is 15.1 Å². The highest BCUT2D eigenvalue weighted by molar-refractivity contribution is 5.56. The van der Waals surface area contributed by atoms with Gasteiger partial charge in [0.15, 0.2) is 5.75 Å². The predicted molar refractivity (Wildman–Crippen MR) is 42.6 cm³/mol. The molecule has 0 aliphatic carbocycles. The van der Waals surface area contributed by atoms with E-state index in [0.717, 1.165) is 0 Å². The largest absolute Gasteiger partial charge is 0.410 e. The van der Waals surface area contributed by atoms with Gasteiger partial charge in [0.25, 0.3) is 0 Å². The molecule has 2 unspecified atom stereocenters. The second-order valence-electron chi connectivity index (χ2n) is 2.94. The van der Waals surface area contributed by atoms with E-state index in [2.05, 4.69) is 0 Å². The summed E-state index contributed by atoms with van der Waals surface area (Å²) in [5.74, 6) is 0.523. The third kappa shape index (κ3) is 0.828. The maximum Gasteiger partial charge on any atom is 0.384 e. The van der Waals surface area contributed by atoms with Crippen LogP contribution in [0.15, 0.2) is 24.3 Å². The van der Waals surface area contributed by atoms with Crippen LogP contribution in [-0.2, 0) is 0 Å². The fourth-order valence-corrected chi connectivity index (χ4v) is 1.27. The van der Waals surface area contributed by atoms with E-state index in [0.29, 0.717) is 11.4 Å². The van der Waals surface area contributed by atoms with E-state index in [9.17, 15) is 10.3 Å². The molecule has 4 nitrogen and oxygen atoms in total. The quantitative estimate of drug-likeness (QED) is 0.560. The fraction of sp³-hybridized carbons (Fsp3) is 0.250. The second kappa shape index (κ2) is 2.20. The maximum absolute atomic E-state index is 9.68. The van der Waals surface area contributed by atoms with Crippen LogP contribution in [0.4, 0.5) is 5.69 Å². The van der Waals surface area contributed by atoms with E-state index >= 15 is 0 Å². The number of para-hydroxylation sites is 2. The smallest absolute Gasteiger partial charge is 0.384 e. The highest BCUT2D eigenvalue weighted by atomic mass is 16.7. The Balaban J connectivity index is 2.55. The summed E-state index contributed by atoms with van der Waals surface area (Å²) in [6, 6.07) is 6.99. The van der Waals surface area contributed by atoms with Crippen molar-refractivity contribution in [2.75, 3.05) is 7.05 Å². The van der Waals surface area contributed by atoms with Gasteiger partial charge in [-0.25, -0.2) is 5.21 Å². The monoisotopic (exact) mass is 168 g/mol. The van der Waals surface area contributed by atoms with Gasteiger partial charge in [0.1, 0.15) is 7.05 Å². The molecule has 2 atom stereocenters. The number of nitrogens with zero attached hydrogens (tertiary/aromatic N) is 1. The third-order valence-electron chi connectivity index (χ3n) is 2.02. The van der Waals surface area contributed by atoms with Crippen molar-refractivity contribution in [2.45, 2.75) is 6.41 Å². The normalized spacial score (nSPS) is 32.8. The number of hydrogen-bond acceptors (Lipinski definition) is 3. The molecule has 0 radical (unpaired) electrons. The average molecular weight is 168 g/mol.